The molecule has 1 aromatic carbocycles. The van der Waals surface area contributed by atoms with Crippen LogP contribution >= 0.6 is 11.8 Å². The molecule has 0 unspecified atom stereocenters. The third-order valence-electron chi connectivity index (χ3n) is 4.78. The number of nitrogens with zero attached hydrogens (tertiary/aromatic N) is 5. The Morgan fingerprint density at radius 2 is 1.62 bits per heavy atom. The fraction of sp³-hybridized carbons (Fsp3) is 0.238. The molecule has 3 heterocycles. The van der Waals surface area contributed by atoms with Crippen LogP contribution in [0.15, 0.2) is 66.0 Å². The number of carbonyl (C=O) groups is 1. The average Bonchev–Trinajstić information content (AvgIpc) is 2.80. The molecule has 3 aromatic rings. The monoisotopic (exact) mass is 406 g/mol. The Labute approximate surface area is 174 Å². The zero-order chi connectivity index (χ0) is 20.1. The molecule has 0 atom stereocenters. The molecule has 29 heavy (non-hydrogen) atoms. The lowest BCUT2D eigenvalue weighted by atomic mass is 10.2. The summed E-state index contributed by atoms with van der Waals surface area (Å²) >= 11 is 1.64. The number of aromatic nitrogens is 3. The number of piperazine rings is 1. The Hall–Kier alpha value is -3.13. The van der Waals surface area contributed by atoms with E-state index in [-0.39, 0.29) is 5.91 Å². The van der Waals surface area contributed by atoms with E-state index in [1.165, 1.54) is 0 Å². The van der Waals surface area contributed by atoms with Gasteiger partial charge in [0.05, 0.1) is 18.1 Å². The molecule has 0 spiro atoms. The van der Waals surface area contributed by atoms with Crippen LogP contribution in [0.2, 0.25) is 0 Å². The van der Waals surface area contributed by atoms with E-state index in [4.69, 9.17) is 0 Å². The first-order chi connectivity index (χ1) is 14.2. The highest BCUT2D eigenvalue weighted by atomic mass is 32.2. The first-order valence-electron chi connectivity index (χ1n) is 9.41. The van der Waals surface area contributed by atoms with Gasteiger partial charge in [0.25, 0.3) is 5.91 Å². The van der Waals surface area contributed by atoms with E-state index < -0.39 is 0 Å². The van der Waals surface area contributed by atoms with E-state index >= 15 is 0 Å². The minimum absolute atomic E-state index is 0.169. The van der Waals surface area contributed by atoms with Gasteiger partial charge in [-0.15, -0.1) is 11.8 Å². The number of carbonyl (C=O) groups excluding carboxylic acids is 1. The van der Waals surface area contributed by atoms with Crippen molar-refractivity contribution in [2.75, 3.05) is 47.6 Å². The number of hydrogen-bond acceptors (Lipinski definition) is 7. The second kappa shape index (κ2) is 8.91. The second-order valence-electron chi connectivity index (χ2n) is 6.62. The van der Waals surface area contributed by atoms with Gasteiger partial charge in [0.2, 0.25) is 5.95 Å². The van der Waals surface area contributed by atoms with Crippen molar-refractivity contribution in [3.05, 3.63) is 66.6 Å². The van der Waals surface area contributed by atoms with E-state index in [1.54, 1.807) is 24.2 Å². The lowest BCUT2D eigenvalue weighted by Gasteiger charge is -2.35. The molecule has 148 valence electrons. The molecule has 1 amide bonds. The number of nitrogens with one attached hydrogen (secondary N) is 1. The van der Waals surface area contributed by atoms with Gasteiger partial charge in [0.1, 0.15) is 5.82 Å². The van der Waals surface area contributed by atoms with Crippen molar-refractivity contribution >= 4 is 35.1 Å². The number of thioether (sulfide) groups is 1. The third kappa shape index (κ3) is 4.65. The van der Waals surface area contributed by atoms with Crippen LogP contribution in [-0.2, 0) is 0 Å². The highest BCUT2D eigenvalue weighted by Gasteiger charge is 2.19. The lowest BCUT2D eigenvalue weighted by molar-refractivity contribution is 0.102. The Morgan fingerprint density at radius 1 is 0.931 bits per heavy atom. The van der Waals surface area contributed by atoms with Crippen molar-refractivity contribution < 1.29 is 4.79 Å². The van der Waals surface area contributed by atoms with Crippen LogP contribution in [0.5, 0.6) is 0 Å². The highest BCUT2D eigenvalue weighted by molar-refractivity contribution is 7.98. The fourth-order valence-electron chi connectivity index (χ4n) is 3.17. The van der Waals surface area contributed by atoms with Crippen molar-refractivity contribution in [2.45, 2.75) is 4.90 Å². The van der Waals surface area contributed by atoms with Gasteiger partial charge >= 0.3 is 0 Å². The molecule has 1 fully saturated rings. The van der Waals surface area contributed by atoms with E-state index in [1.807, 2.05) is 54.9 Å². The molecule has 0 aliphatic carbocycles. The SMILES string of the molecule is CSc1ccc(C(=O)Nc2cnc(N3CCN(c4ccccn4)CC3)nc2)cc1. The summed E-state index contributed by atoms with van der Waals surface area (Å²) in [5.74, 6) is 1.50. The summed E-state index contributed by atoms with van der Waals surface area (Å²) in [4.78, 5) is 31.2. The molecule has 1 aliphatic heterocycles. The molecule has 0 saturated carbocycles. The summed E-state index contributed by atoms with van der Waals surface area (Å²) in [7, 11) is 0. The zero-order valence-electron chi connectivity index (χ0n) is 16.2. The number of pyridine rings is 1. The summed E-state index contributed by atoms with van der Waals surface area (Å²) in [5, 5.41) is 2.85. The third-order valence-corrected chi connectivity index (χ3v) is 5.53. The van der Waals surface area contributed by atoms with Crippen LogP contribution < -0.4 is 15.1 Å². The molecule has 1 saturated heterocycles. The minimum Gasteiger partial charge on any atom is -0.353 e. The van der Waals surface area contributed by atoms with Crippen molar-refractivity contribution in [3.8, 4) is 0 Å². The summed E-state index contributed by atoms with van der Waals surface area (Å²) in [6, 6.07) is 13.5. The van der Waals surface area contributed by atoms with Crippen LogP contribution in [0.3, 0.4) is 0 Å². The largest absolute Gasteiger partial charge is 0.353 e. The van der Waals surface area contributed by atoms with Crippen molar-refractivity contribution in [2.24, 2.45) is 0 Å². The van der Waals surface area contributed by atoms with E-state index in [9.17, 15) is 4.79 Å². The first kappa shape index (κ1) is 19.2. The molecule has 4 rings (SSSR count). The Bertz CT molecular complexity index is 941. The number of rotatable bonds is 5. The summed E-state index contributed by atoms with van der Waals surface area (Å²) in [6.45, 7) is 3.38. The maximum absolute atomic E-state index is 12.4. The maximum atomic E-state index is 12.4. The van der Waals surface area contributed by atoms with Crippen LogP contribution in [0.4, 0.5) is 17.5 Å². The van der Waals surface area contributed by atoms with Crippen molar-refractivity contribution in [1.82, 2.24) is 15.0 Å². The normalized spacial score (nSPS) is 14.0. The number of amides is 1. The number of hydrogen-bond donors (Lipinski definition) is 1. The molecular weight excluding hydrogens is 384 g/mol. The predicted molar refractivity (Wildman–Crippen MR) is 117 cm³/mol. The molecular formula is C21H22N6OS. The van der Waals surface area contributed by atoms with Gasteiger partial charge < -0.3 is 15.1 Å². The maximum Gasteiger partial charge on any atom is 0.255 e. The minimum atomic E-state index is -0.169. The standard InChI is InChI=1S/C21H22N6OS/c1-29-18-7-5-16(6-8-18)20(28)25-17-14-23-21(24-15-17)27-12-10-26(11-13-27)19-4-2-3-9-22-19/h2-9,14-15H,10-13H2,1H3,(H,25,28). The molecule has 7 nitrogen and oxygen atoms in total. The highest BCUT2D eigenvalue weighted by Crippen LogP contribution is 2.18. The van der Waals surface area contributed by atoms with Gasteiger partial charge in [-0.1, -0.05) is 6.07 Å². The van der Waals surface area contributed by atoms with Gasteiger partial charge in [0, 0.05) is 42.8 Å². The van der Waals surface area contributed by atoms with Crippen molar-refractivity contribution in [3.63, 3.8) is 0 Å². The average molecular weight is 407 g/mol. The van der Waals surface area contributed by atoms with E-state index in [0.29, 0.717) is 17.2 Å². The zero-order valence-corrected chi connectivity index (χ0v) is 17.0. The summed E-state index contributed by atoms with van der Waals surface area (Å²) in [6.07, 6.45) is 7.13. The van der Waals surface area contributed by atoms with Crippen LogP contribution in [0.1, 0.15) is 10.4 Å². The lowest BCUT2D eigenvalue weighted by Crippen LogP contribution is -2.47. The van der Waals surface area contributed by atoms with Gasteiger partial charge in [-0.05, 0) is 42.7 Å². The Balaban J connectivity index is 1.34. The van der Waals surface area contributed by atoms with Crippen LogP contribution in [0, 0.1) is 0 Å². The molecule has 8 heteroatoms. The molecule has 1 aliphatic rings. The quantitative estimate of drug-likeness (QED) is 0.652. The van der Waals surface area contributed by atoms with Gasteiger partial charge in [-0.25, -0.2) is 15.0 Å². The molecule has 0 bridgehead atoms. The summed E-state index contributed by atoms with van der Waals surface area (Å²) in [5.41, 5.74) is 1.19. The fourth-order valence-corrected chi connectivity index (χ4v) is 3.58. The Kier molecular flexibility index (Phi) is 5.90. The van der Waals surface area contributed by atoms with Crippen LogP contribution in [0.25, 0.3) is 0 Å². The van der Waals surface area contributed by atoms with Gasteiger partial charge in [-0.2, -0.15) is 0 Å². The van der Waals surface area contributed by atoms with Crippen LogP contribution in [-0.4, -0.2) is 53.3 Å². The topological polar surface area (TPSA) is 74.2 Å². The van der Waals surface area contributed by atoms with E-state index in [0.717, 1.165) is 36.9 Å². The molecule has 0 radical (unpaired) electrons. The van der Waals surface area contributed by atoms with Gasteiger partial charge in [0.15, 0.2) is 0 Å². The van der Waals surface area contributed by atoms with E-state index in [2.05, 4.69) is 30.1 Å². The molecule has 1 N–H and O–H groups in total. The predicted octanol–water partition coefficient (Wildman–Crippen LogP) is 3.17. The van der Waals surface area contributed by atoms with Crippen molar-refractivity contribution in [1.29, 1.82) is 0 Å². The number of benzene rings is 1. The second-order valence-corrected chi connectivity index (χ2v) is 7.50. The smallest absolute Gasteiger partial charge is 0.255 e. The van der Waals surface area contributed by atoms with Gasteiger partial charge in [-0.3, -0.25) is 4.79 Å². The molecule has 2 aromatic heterocycles. The number of anilines is 3. The Morgan fingerprint density at radius 3 is 2.24 bits per heavy atom. The summed E-state index contributed by atoms with van der Waals surface area (Å²) < 4.78 is 0. The first-order valence-corrected chi connectivity index (χ1v) is 10.6.